The van der Waals surface area contributed by atoms with E-state index in [4.69, 9.17) is 18.9 Å². The predicted octanol–water partition coefficient (Wildman–Crippen LogP) is 2.55. The molecular formula is C17H21NO6S. The lowest BCUT2D eigenvalue weighted by molar-refractivity contribution is 0.355. The number of sulfonamides is 1. The van der Waals surface area contributed by atoms with Crippen molar-refractivity contribution in [1.82, 2.24) is 0 Å². The van der Waals surface area contributed by atoms with Crippen molar-refractivity contribution in [2.24, 2.45) is 0 Å². The van der Waals surface area contributed by atoms with E-state index >= 15 is 0 Å². The van der Waals surface area contributed by atoms with Gasteiger partial charge in [-0.05, 0) is 24.3 Å². The zero-order valence-electron chi connectivity index (χ0n) is 14.8. The summed E-state index contributed by atoms with van der Waals surface area (Å²) in [6.07, 6.45) is 0. The molecule has 0 aliphatic heterocycles. The number of nitrogens with zero attached hydrogens (tertiary/aromatic N) is 1. The number of hydrogen-bond acceptors (Lipinski definition) is 6. The Balaban J connectivity index is 2.53. The van der Waals surface area contributed by atoms with Crippen LogP contribution in [-0.4, -0.2) is 43.9 Å². The van der Waals surface area contributed by atoms with Crippen LogP contribution in [0, 0.1) is 0 Å². The molecule has 0 bridgehead atoms. The number of methoxy groups -OCH3 is 4. The van der Waals surface area contributed by atoms with Gasteiger partial charge in [-0.1, -0.05) is 0 Å². The Morgan fingerprint density at radius 3 is 1.92 bits per heavy atom. The Morgan fingerprint density at radius 1 is 0.760 bits per heavy atom. The molecule has 2 rings (SSSR count). The average Bonchev–Trinajstić information content (AvgIpc) is 2.65. The summed E-state index contributed by atoms with van der Waals surface area (Å²) in [7, 11) is 3.46. The van der Waals surface area contributed by atoms with Gasteiger partial charge in [0.1, 0.15) is 16.4 Å². The van der Waals surface area contributed by atoms with Crippen molar-refractivity contribution in [3.8, 4) is 23.0 Å². The Labute approximate surface area is 147 Å². The molecular weight excluding hydrogens is 346 g/mol. The van der Waals surface area contributed by atoms with Crippen LogP contribution < -0.4 is 23.3 Å². The third-order valence-corrected chi connectivity index (χ3v) is 5.55. The van der Waals surface area contributed by atoms with E-state index < -0.39 is 10.0 Å². The van der Waals surface area contributed by atoms with E-state index in [-0.39, 0.29) is 10.6 Å². The highest BCUT2D eigenvalue weighted by Crippen LogP contribution is 2.35. The third kappa shape index (κ3) is 3.58. The van der Waals surface area contributed by atoms with Gasteiger partial charge in [0.15, 0.2) is 11.5 Å². The number of ether oxygens (including phenoxy) is 4. The fraction of sp³-hybridized carbons (Fsp3) is 0.294. The quantitative estimate of drug-likeness (QED) is 0.749. The first-order valence-corrected chi connectivity index (χ1v) is 8.76. The summed E-state index contributed by atoms with van der Waals surface area (Å²) in [5.41, 5.74) is 0.419. The van der Waals surface area contributed by atoms with Gasteiger partial charge in [-0.15, -0.1) is 0 Å². The summed E-state index contributed by atoms with van der Waals surface area (Å²) in [5, 5.41) is 0. The smallest absolute Gasteiger partial charge is 0.267 e. The van der Waals surface area contributed by atoms with Crippen molar-refractivity contribution in [3.05, 3.63) is 36.4 Å². The molecule has 0 saturated carbocycles. The molecule has 2 aromatic rings. The molecule has 0 aliphatic rings. The summed E-state index contributed by atoms with van der Waals surface area (Å²) in [4.78, 5) is 0.00614. The summed E-state index contributed by atoms with van der Waals surface area (Å²) in [6.45, 7) is 0. The second-order valence-electron chi connectivity index (χ2n) is 5.03. The molecule has 0 aromatic heterocycles. The van der Waals surface area contributed by atoms with E-state index in [9.17, 15) is 8.42 Å². The van der Waals surface area contributed by atoms with Gasteiger partial charge in [-0.2, -0.15) is 0 Å². The standard InChI is InChI=1S/C17H21NO6S/c1-18(12-6-8-14(22-3)16(10-12)24-5)25(19,20)17-11-13(21-2)7-9-15(17)23-4/h6-11H,1-5H3. The summed E-state index contributed by atoms with van der Waals surface area (Å²) < 4.78 is 48.0. The van der Waals surface area contributed by atoms with E-state index in [2.05, 4.69) is 0 Å². The third-order valence-electron chi connectivity index (χ3n) is 3.74. The van der Waals surface area contributed by atoms with Gasteiger partial charge >= 0.3 is 0 Å². The monoisotopic (exact) mass is 367 g/mol. The minimum Gasteiger partial charge on any atom is -0.497 e. The summed E-state index contributed by atoms with van der Waals surface area (Å²) in [6, 6.07) is 9.46. The maximum Gasteiger partial charge on any atom is 0.267 e. The molecule has 0 heterocycles. The SMILES string of the molecule is COc1ccc(OC)c(S(=O)(=O)N(C)c2ccc(OC)c(OC)c2)c1. The number of benzene rings is 2. The Morgan fingerprint density at radius 2 is 1.36 bits per heavy atom. The van der Waals surface area contributed by atoms with E-state index in [0.29, 0.717) is 22.9 Å². The van der Waals surface area contributed by atoms with Gasteiger partial charge < -0.3 is 18.9 Å². The van der Waals surface area contributed by atoms with Crippen LogP contribution in [0.5, 0.6) is 23.0 Å². The second-order valence-corrected chi connectivity index (χ2v) is 6.97. The lowest BCUT2D eigenvalue weighted by Gasteiger charge is -2.22. The fourth-order valence-corrected chi connectivity index (χ4v) is 3.65. The fourth-order valence-electron chi connectivity index (χ4n) is 2.29. The van der Waals surface area contributed by atoms with Gasteiger partial charge in [0.05, 0.1) is 34.1 Å². The Bertz CT molecular complexity index is 850. The molecule has 0 aliphatic carbocycles. The highest BCUT2D eigenvalue weighted by atomic mass is 32.2. The molecule has 0 radical (unpaired) electrons. The maximum absolute atomic E-state index is 13.1. The highest BCUT2D eigenvalue weighted by Gasteiger charge is 2.26. The van der Waals surface area contributed by atoms with E-state index in [1.54, 1.807) is 30.3 Å². The molecule has 0 spiro atoms. The Kier molecular flexibility index (Phi) is 5.63. The highest BCUT2D eigenvalue weighted by molar-refractivity contribution is 7.92. The van der Waals surface area contributed by atoms with Crippen molar-refractivity contribution >= 4 is 15.7 Å². The lowest BCUT2D eigenvalue weighted by atomic mass is 10.3. The molecule has 8 heteroatoms. The second kappa shape index (κ2) is 7.52. The van der Waals surface area contributed by atoms with Gasteiger partial charge in [-0.3, -0.25) is 4.31 Å². The first kappa shape index (κ1) is 18.7. The van der Waals surface area contributed by atoms with Crippen LogP contribution in [0.15, 0.2) is 41.3 Å². The molecule has 0 saturated heterocycles. The van der Waals surface area contributed by atoms with Crippen molar-refractivity contribution in [1.29, 1.82) is 0 Å². The molecule has 0 amide bonds. The molecule has 0 unspecified atom stereocenters. The molecule has 25 heavy (non-hydrogen) atoms. The molecule has 0 fully saturated rings. The van der Waals surface area contributed by atoms with E-state index in [0.717, 1.165) is 4.31 Å². The minimum absolute atomic E-state index is 0.00614. The first-order valence-electron chi connectivity index (χ1n) is 7.32. The van der Waals surface area contributed by atoms with Gasteiger partial charge in [-0.25, -0.2) is 8.42 Å². The van der Waals surface area contributed by atoms with Crippen LogP contribution in [-0.2, 0) is 10.0 Å². The average molecular weight is 367 g/mol. The topological polar surface area (TPSA) is 74.3 Å². The van der Waals surface area contributed by atoms with Crippen molar-refractivity contribution in [3.63, 3.8) is 0 Å². The number of hydrogen-bond donors (Lipinski definition) is 0. The normalized spacial score (nSPS) is 10.9. The van der Waals surface area contributed by atoms with Crippen LogP contribution in [0.4, 0.5) is 5.69 Å². The summed E-state index contributed by atoms with van der Waals surface area (Å²) in [5.74, 6) is 1.59. The molecule has 0 N–H and O–H groups in total. The van der Waals surface area contributed by atoms with Crippen molar-refractivity contribution < 1.29 is 27.4 Å². The zero-order valence-corrected chi connectivity index (χ0v) is 15.6. The van der Waals surface area contributed by atoms with Gasteiger partial charge in [0.25, 0.3) is 10.0 Å². The minimum atomic E-state index is -3.88. The first-order chi connectivity index (χ1) is 11.9. The molecule has 0 atom stereocenters. The van der Waals surface area contributed by atoms with E-state index in [1.165, 1.54) is 41.6 Å². The lowest BCUT2D eigenvalue weighted by Crippen LogP contribution is -2.27. The molecule has 2 aromatic carbocycles. The van der Waals surface area contributed by atoms with Gasteiger partial charge in [0, 0.05) is 19.2 Å². The van der Waals surface area contributed by atoms with Crippen molar-refractivity contribution in [2.75, 3.05) is 39.8 Å². The maximum atomic E-state index is 13.1. The summed E-state index contributed by atoms with van der Waals surface area (Å²) >= 11 is 0. The number of anilines is 1. The number of rotatable bonds is 7. The van der Waals surface area contributed by atoms with Crippen LogP contribution >= 0.6 is 0 Å². The van der Waals surface area contributed by atoms with Crippen LogP contribution in [0.3, 0.4) is 0 Å². The van der Waals surface area contributed by atoms with Crippen LogP contribution in [0.2, 0.25) is 0 Å². The predicted molar refractivity (Wildman–Crippen MR) is 94.7 cm³/mol. The van der Waals surface area contributed by atoms with Crippen LogP contribution in [0.1, 0.15) is 0 Å². The zero-order chi connectivity index (χ0) is 18.6. The van der Waals surface area contributed by atoms with Crippen molar-refractivity contribution in [2.45, 2.75) is 4.90 Å². The molecule has 136 valence electrons. The van der Waals surface area contributed by atoms with Gasteiger partial charge in [0.2, 0.25) is 0 Å². The Hall–Kier alpha value is -2.61. The van der Waals surface area contributed by atoms with E-state index in [1.807, 2.05) is 0 Å². The van der Waals surface area contributed by atoms with Crippen LogP contribution in [0.25, 0.3) is 0 Å². The molecule has 7 nitrogen and oxygen atoms in total. The largest absolute Gasteiger partial charge is 0.497 e.